The second-order valence-corrected chi connectivity index (χ2v) is 6.91. The van der Waals surface area contributed by atoms with Gasteiger partial charge in [0.1, 0.15) is 4.34 Å². The molecule has 90 valence electrons. The van der Waals surface area contributed by atoms with Crippen molar-refractivity contribution in [2.45, 2.75) is 61.1 Å². The number of rotatable bonds is 2. The fourth-order valence-corrected chi connectivity index (χ4v) is 4.45. The third-order valence-corrected chi connectivity index (χ3v) is 5.61. The highest BCUT2D eigenvalue weighted by atomic mass is 32.2. The molecule has 0 amide bonds. The van der Waals surface area contributed by atoms with Crippen LogP contribution in [-0.4, -0.2) is 16.3 Å². The lowest BCUT2D eigenvalue weighted by atomic mass is 9.97. The molecule has 4 heteroatoms. The monoisotopic (exact) mass is 256 g/mol. The van der Waals surface area contributed by atoms with Crippen LogP contribution in [0.1, 0.15) is 44.2 Å². The Labute approximate surface area is 106 Å². The molecular formula is C12H20N2S2. The van der Waals surface area contributed by atoms with Crippen molar-refractivity contribution >= 4 is 23.1 Å². The standard InChI is InChI=1S/C12H20N2S2/c1-9-8-15-12(14-9)16-11-7-5-3-2-4-6-10(11)13/h8,10-11H,2-7,13H2,1H3. The van der Waals surface area contributed by atoms with E-state index in [4.69, 9.17) is 5.73 Å². The van der Waals surface area contributed by atoms with Crippen LogP contribution >= 0.6 is 23.1 Å². The van der Waals surface area contributed by atoms with Gasteiger partial charge in [0.25, 0.3) is 0 Å². The van der Waals surface area contributed by atoms with Gasteiger partial charge >= 0.3 is 0 Å². The molecule has 0 aromatic carbocycles. The van der Waals surface area contributed by atoms with E-state index < -0.39 is 0 Å². The number of aromatic nitrogens is 1. The van der Waals surface area contributed by atoms with Crippen LogP contribution in [0.3, 0.4) is 0 Å². The molecule has 2 rings (SSSR count). The van der Waals surface area contributed by atoms with Crippen LogP contribution in [0.4, 0.5) is 0 Å². The highest BCUT2D eigenvalue weighted by Gasteiger charge is 2.21. The first-order valence-electron chi connectivity index (χ1n) is 6.10. The molecule has 0 bridgehead atoms. The molecule has 1 fully saturated rings. The summed E-state index contributed by atoms with van der Waals surface area (Å²) in [6.07, 6.45) is 7.81. The highest BCUT2D eigenvalue weighted by molar-refractivity contribution is 8.01. The Morgan fingerprint density at radius 2 is 2.06 bits per heavy atom. The summed E-state index contributed by atoms with van der Waals surface area (Å²) < 4.78 is 1.19. The quantitative estimate of drug-likeness (QED) is 0.879. The Morgan fingerprint density at radius 3 is 2.75 bits per heavy atom. The summed E-state index contributed by atoms with van der Waals surface area (Å²) in [7, 11) is 0. The number of thioether (sulfide) groups is 1. The molecule has 0 radical (unpaired) electrons. The second-order valence-electron chi connectivity index (χ2n) is 4.57. The Morgan fingerprint density at radius 1 is 1.31 bits per heavy atom. The first kappa shape index (κ1) is 12.4. The van der Waals surface area contributed by atoms with Gasteiger partial charge in [-0.25, -0.2) is 4.98 Å². The molecule has 2 nitrogen and oxygen atoms in total. The minimum atomic E-state index is 0.356. The zero-order valence-corrected chi connectivity index (χ0v) is 11.4. The molecule has 2 N–H and O–H groups in total. The molecule has 0 spiro atoms. The predicted octanol–water partition coefficient (Wildman–Crippen LogP) is 3.59. The van der Waals surface area contributed by atoms with Gasteiger partial charge in [0.2, 0.25) is 0 Å². The van der Waals surface area contributed by atoms with Gasteiger partial charge in [0.15, 0.2) is 0 Å². The molecule has 1 aromatic rings. The normalized spacial score (nSPS) is 27.4. The lowest BCUT2D eigenvalue weighted by Gasteiger charge is -2.24. The maximum absolute atomic E-state index is 6.26. The maximum Gasteiger partial charge on any atom is 0.150 e. The summed E-state index contributed by atoms with van der Waals surface area (Å²) in [6, 6.07) is 0.356. The van der Waals surface area contributed by atoms with Crippen LogP contribution in [0.15, 0.2) is 9.72 Å². The summed E-state index contributed by atoms with van der Waals surface area (Å²) in [5.74, 6) is 0. The summed E-state index contributed by atoms with van der Waals surface area (Å²) in [6.45, 7) is 2.05. The third-order valence-electron chi connectivity index (χ3n) is 3.10. The fourth-order valence-electron chi connectivity index (χ4n) is 2.14. The molecule has 0 saturated heterocycles. The highest BCUT2D eigenvalue weighted by Crippen LogP contribution is 2.33. The number of nitrogens with zero attached hydrogens (tertiary/aromatic N) is 1. The van der Waals surface area contributed by atoms with Gasteiger partial charge in [-0.15, -0.1) is 11.3 Å². The first-order valence-corrected chi connectivity index (χ1v) is 7.86. The summed E-state index contributed by atoms with van der Waals surface area (Å²) in [4.78, 5) is 4.52. The van der Waals surface area contributed by atoms with Crippen molar-refractivity contribution < 1.29 is 0 Å². The molecule has 1 aromatic heterocycles. The molecular weight excluding hydrogens is 236 g/mol. The summed E-state index contributed by atoms with van der Waals surface area (Å²) in [5, 5.41) is 2.70. The van der Waals surface area contributed by atoms with Gasteiger partial charge in [-0.3, -0.25) is 0 Å². The van der Waals surface area contributed by atoms with E-state index >= 15 is 0 Å². The number of nitrogens with two attached hydrogens (primary N) is 1. The Hall–Kier alpha value is -0.0600. The molecule has 1 heterocycles. The van der Waals surface area contributed by atoms with Crippen LogP contribution in [0.25, 0.3) is 0 Å². The topological polar surface area (TPSA) is 38.9 Å². The van der Waals surface area contributed by atoms with Gasteiger partial charge < -0.3 is 5.73 Å². The average molecular weight is 256 g/mol. The van der Waals surface area contributed by atoms with Gasteiger partial charge in [0.05, 0.1) is 0 Å². The molecule has 2 unspecified atom stereocenters. The van der Waals surface area contributed by atoms with Crippen LogP contribution in [-0.2, 0) is 0 Å². The van der Waals surface area contributed by atoms with Gasteiger partial charge in [0, 0.05) is 22.4 Å². The number of hydrogen-bond acceptors (Lipinski definition) is 4. The van der Waals surface area contributed by atoms with Gasteiger partial charge in [-0.2, -0.15) is 0 Å². The molecule has 1 saturated carbocycles. The van der Waals surface area contributed by atoms with Crippen molar-refractivity contribution in [1.29, 1.82) is 0 Å². The van der Waals surface area contributed by atoms with Crippen molar-refractivity contribution in [3.05, 3.63) is 11.1 Å². The van der Waals surface area contributed by atoms with E-state index in [2.05, 4.69) is 17.3 Å². The molecule has 0 aliphatic heterocycles. The summed E-state index contributed by atoms with van der Waals surface area (Å²) >= 11 is 3.65. The van der Waals surface area contributed by atoms with Crippen molar-refractivity contribution in [2.24, 2.45) is 5.73 Å². The number of aryl methyl sites for hydroxylation is 1. The Balaban J connectivity index is 1.95. The van der Waals surface area contributed by atoms with E-state index in [0.29, 0.717) is 11.3 Å². The van der Waals surface area contributed by atoms with Crippen LogP contribution in [0.5, 0.6) is 0 Å². The van der Waals surface area contributed by atoms with Crippen molar-refractivity contribution in [3.8, 4) is 0 Å². The van der Waals surface area contributed by atoms with Crippen LogP contribution in [0, 0.1) is 6.92 Å². The smallest absolute Gasteiger partial charge is 0.150 e. The Kier molecular flexibility index (Phi) is 4.67. The van der Waals surface area contributed by atoms with E-state index in [-0.39, 0.29) is 0 Å². The molecule has 2 atom stereocenters. The first-order chi connectivity index (χ1) is 7.75. The van der Waals surface area contributed by atoms with E-state index in [1.54, 1.807) is 11.3 Å². The van der Waals surface area contributed by atoms with E-state index in [9.17, 15) is 0 Å². The fraction of sp³-hybridized carbons (Fsp3) is 0.750. The van der Waals surface area contributed by atoms with E-state index in [1.807, 2.05) is 11.8 Å². The number of thiazole rings is 1. The molecule has 16 heavy (non-hydrogen) atoms. The van der Waals surface area contributed by atoms with Gasteiger partial charge in [-0.1, -0.05) is 37.4 Å². The average Bonchev–Trinajstić information content (AvgIpc) is 2.64. The predicted molar refractivity (Wildman–Crippen MR) is 72.2 cm³/mol. The van der Waals surface area contributed by atoms with Crippen molar-refractivity contribution in [1.82, 2.24) is 4.98 Å². The second kappa shape index (κ2) is 6.03. The lowest BCUT2D eigenvalue weighted by Crippen LogP contribution is -2.33. The molecule has 1 aliphatic carbocycles. The maximum atomic E-state index is 6.26. The van der Waals surface area contributed by atoms with Crippen LogP contribution < -0.4 is 5.73 Å². The van der Waals surface area contributed by atoms with E-state index in [0.717, 1.165) is 5.69 Å². The Bertz CT molecular complexity index is 325. The van der Waals surface area contributed by atoms with Crippen molar-refractivity contribution in [3.63, 3.8) is 0 Å². The number of hydrogen-bond donors (Lipinski definition) is 1. The van der Waals surface area contributed by atoms with Crippen LogP contribution in [0.2, 0.25) is 0 Å². The SMILES string of the molecule is Cc1csc(SC2CCCCCCC2N)n1. The zero-order valence-electron chi connectivity index (χ0n) is 9.82. The van der Waals surface area contributed by atoms with E-state index in [1.165, 1.54) is 42.9 Å². The minimum absolute atomic E-state index is 0.356. The zero-order chi connectivity index (χ0) is 11.4. The van der Waals surface area contributed by atoms with Crippen molar-refractivity contribution in [2.75, 3.05) is 0 Å². The van der Waals surface area contributed by atoms with Gasteiger partial charge in [-0.05, 0) is 19.8 Å². The lowest BCUT2D eigenvalue weighted by molar-refractivity contribution is 0.463. The molecule has 1 aliphatic rings. The minimum Gasteiger partial charge on any atom is -0.327 e. The summed E-state index contributed by atoms with van der Waals surface area (Å²) in [5.41, 5.74) is 7.39. The largest absolute Gasteiger partial charge is 0.327 e. The third kappa shape index (κ3) is 3.47.